The van der Waals surface area contributed by atoms with E-state index in [9.17, 15) is 4.79 Å². The number of aromatic nitrogens is 2. The Kier molecular flexibility index (Phi) is 5.19. The van der Waals surface area contributed by atoms with Crippen molar-refractivity contribution in [1.82, 2.24) is 15.1 Å². The lowest BCUT2D eigenvalue weighted by molar-refractivity contribution is 0.0927. The Morgan fingerprint density at radius 1 is 1.44 bits per heavy atom. The molecular formula is C13H24N4O. The zero-order chi connectivity index (χ0) is 13.7. The van der Waals surface area contributed by atoms with Crippen molar-refractivity contribution >= 4 is 11.6 Å². The second kappa shape index (κ2) is 6.42. The van der Waals surface area contributed by atoms with Crippen molar-refractivity contribution in [2.45, 2.75) is 53.1 Å². The third-order valence-corrected chi connectivity index (χ3v) is 2.94. The molecular weight excluding hydrogens is 228 g/mol. The first-order valence-electron chi connectivity index (χ1n) is 6.57. The fourth-order valence-corrected chi connectivity index (χ4v) is 1.84. The average molecular weight is 252 g/mol. The van der Waals surface area contributed by atoms with E-state index in [1.807, 2.05) is 13.8 Å². The molecule has 1 rings (SSSR count). The molecule has 5 heteroatoms. The van der Waals surface area contributed by atoms with Crippen molar-refractivity contribution in [3.63, 3.8) is 0 Å². The molecule has 0 saturated carbocycles. The largest absolute Gasteiger partial charge is 0.396 e. The summed E-state index contributed by atoms with van der Waals surface area (Å²) in [7, 11) is 0. The quantitative estimate of drug-likeness (QED) is 0.813. The van der Waals surface area contributed by atoms with Crippen LogP contribution in [0, 0.1) is 5.92 Å². The Hall–Kier alpha value is -1.52. The van der Waals surface area contributed by atoms with Crippen LogP contribution in [0.5, 0.6) is 0 Å². The smallest absolute Gasteiger partial charge is 0.271 e. The number of nitrogens with two attached hydrogens (primary N) is 1. The van der Waals surface area contributed by atoms with Gasteiger partial charge in [-0.25, -0.2) is 0 Å². The fraction of sp³-hybridized carbons (Fsp3) is 0.692. The van der Waals surface area contributed by atoms with E-state index < -0.39 is 0 Å². The predicted molar refractivity (Wildman–Crippen MR) is 73.3 cm³/mol. The van der Waals surface area contributed by atoms with Crippen molar-refractivity contribution in [3.8, 4) is 0 Å². The molecule has 0 bridgehead atoms. The third kappa shape index (κ3) is 3.75. The Morgan fingerprint density at radius 3 is 2.67 bits per heavy atom. The molecule has 0 aliphatic heterocycles. The van der Waals surface area contributed by atoms with Crippen LogP contribution in [0.4, 0.5) is 5.69 Å². The minimum Gasteiger partial charge on any atom is -0.396 e. The van der Waals surface area contributed by atoms with Crippen molar-refractivity contribution < 1.29 is 4.79 Å². The minimum atomic E-state index is -0.136. The summed E-state index contributed by atoms with van der Waals surface area (Å²) in [6, 6.07) is 0.152. The normalized spacial score (nSPS) is 12.7. The highest BCUT2D eigenvalue weighted by Gasteiger charge is 2.17. The van der Waals surface area contributed by atoms with E-state index in [1.54, 1.807) is 4.68 Å². The van der Waals surface area contributed by atoms with Gasteiger partial charge in [0.2, 0.25) is 0 Å². The first-order chi connectivity index (χ1) is 8.45. The number of nitrogens with one attached hydrogen (secondary N) is 1. The molecule has 0 aliphatic rings. The molecule has 0 aliphatic carbocycles. The standard InChI is InChI=1S/C13H24N4O/c1-5-17-12(11(14)8-15-17)13(18)16-10(4)7-6-9(2)3/h8-10H,5-7,14H2,1-4H3,(H,16,18). The highest BCUT2D eigenvalue weighted by atomic mass is 16.2. The summed E-state index contributed by atoms with van der Waals surface area (Å²) in [5, 5.41) is 7.04. The van der Waals surface area contributed by atoms with Gasteiger partial charge in [0.25, 0.3) is 5.91 Å². The highest BCUT2D eigenvalue weighted by Crippen LogP contribution is 2.12. The van der Waals surface area contributed by atoms with Gasteiger partial charge >= 0.3 is 0 Å². The first kappa shape index (κ1) is 14.5. The van der Waals surface area contributed by atoms with Gasteiger partial charge in [-0.05, 0) is 32.6 Å². The molecule has 1 heterocycles. The molecule has 3 N–H and O–H groups in total. The summed E-state index contributed by atoms with van der Waals surface area (Å²) in [5.41, 5.74) is 6.67. The molecule has 0 aromatic carbocycles. The lowest BCUT2D eigenvalue weighted by Gasteiger charge is -2.15. The van der Waals surface area contributed by atoms with Gasteiger partial charge in [-0.3, -0.25) is 9.48 Å². The van der Waals surface area contributed by atoms with E-state index in [0.717, 1.165) is 12.8 Å². The van der Waals surface area contributed by atoms with Crippen LogP contribution < -0.4 is 11.1 Å². The molecule has 0 fully saturated rings. The lowest BCUT2D eigenvalue weighted by atomic mass is 10.0. The Balaban J connectivity index is 2.62. The monoisotopic (exact) mass is 252 g/mol. The number of nitrogen functional groups attached to an aromatic ring is 1. The third-order valence-electron chi connectivity index (χ3n) is 2.94. The van der Waals surface area contributed by atoms with Crippen LogP contribution in [0.3, 0.4) is 0 Å². The molecule has 1 atom stereocenters. The maximum atomic E-state index is 12.1. The van der Waals surface area contributed by atoms with E-state index in [-0.39, 0.29) is 11.9 Å². The molecule has 1 unspecified atom stereocenters. The van der Waals surface area contributed by atoms with Gasteiger partial charge in [-0.15, -0.1) is 0 Å². The second-order valence-corrected chi connectivity index (χ2v) is 5.11. The van der Waals surface area contributed by atoms with Gasteiger partial charge in [0, 0.05) is 12.6 Å². The van der Waals surface area contributed by atoms with Crippen LogP contribution >= 0.6 is 0 Å². The maximum Gasteiger partial charge on any atom is 0.271 e. The molecule has 1 amide bonds. The van der Waals surface area contributed by atoms with Gasteiger partial charge in [0.1, 0.15) is 5.69 Å². The van der Waals surface area contributed by atoms with Crippen molar-refractivity contribution in [2.75, 3.05) is 5.73 Å². The first-order valence-corrected chi connectivity index (χ1v) is 6.57. The molecule has 0 saturated heterocycles. The number of anilines is 1. The van der Waals surface area contributed by atoms with Crippen LogP contribution in [0.15, 0.2) is 6.20 Å². The summed E-state index contributed by atoms with van der Waals surface area (Å²) in [5.74, 6) is 0.513. The van der Waals surface area contributed by atoms with Crippen molar-refractivity contribution in [2.24, 2.45) is 5.92 Å². The van der Waals surface area contributed by atoms with Crippen LogP contribution in [-0.2, 0) is 6.54 Å². The number of hydrogen-bond acceptors (Lipinski definition) is 3. The number of carbonyl (C=O) groups is 1. The van der Waals surface area contributed by atoms with E-state index in [2.05, 4.69) is 24.3 Å². The molecule has 5 nitrogen and oxygen atoms in total. The second-order valence-electron chi connectivity index (χ2n) is 5.11. The number of hydrogen-bond donors (Lipinski definition) is 2. The van der Waals surface area contributed by atoms with E-state index >= 15 is 0 Å². The zero-order valence-electron chi connectivity index (χ0n) is 11.7. The van der Waals surface area contributed by atoms with Crippen LogP contribution in [0.25, 0.3) is 0 Å². The minimum absolute atomic E-state index is 0.136. The van der Waals surface area contributed by atoms with Crippen LogP contribution in [-0.4, -0.2) is 21.7 Å². The number of nitrogens with zero attached hydrogens (tertiary/aromatic N) is 2. The fourth-order valence-electron chi connectivity index (χ4n) is 1.84. The summed E-state index contributed by atoms with van der Waals surface area (Å²) in [6.45, 7) is 8.95. The van der Waals surface area contributed by atoms with Gasteiger partial charge in [-0.2, -0.15) is 5.10 Å². The predicted octanol–water partition coefficient (Wildman–Crippen LogP) is 2.04. The van der Waals surface area contributed by atoms with Crippen molar-refractivity contribution in [1.29, 1.82) is 0 Å². The Labute approximate surface area is 109 Å². The molecule has 1 aromatic rings. The van der Waals surface area contributed by atoms with Crippen LogP contribution in [0.1, 0.15) is 51.0 Å². The highest BCUT2D eigenvalue weighted by molar-refractivity contribution is 5.97. The van der Waals surface area contributed by atoms with Gasteiger partial charge in [0.15, 0.2) is 0 Å². The lowest BCUT2D eigenvalue weighted by Crippen LogP contribution is -2.34. The number of aryl methyl sites for hydroxylation is 1. The summed E-state index contributed by atoms with van der Waals surface area (Å²) in [4.78, 5) is 12.1. The maximum absolute atomic E-state index is 12.1. The van der Waals surface area contributed by atoms with Gasteiger partial charge in [-0.1, -0.05) is 13.8 Å². The SMILES string of the molecule is CCn1ncc(N)c1C(=O)NC(C)CCC(C)C. The summed E-state index contributed by atoms with van der Waals surface area (Å²) in [6.07, 6.45) is 3.60. The van der Waals surface area contributed by atoms with Crippen molar-refractivity contribution in [3.05, 3.63) is 11.9 Å². The Bertz CT molecular complexity index is 398. The molecule has 102 valence electrons. The number of rotatable bonds is 6. The molecule has 0 spiro atoms. The number of amides is 1. The Morgan fingerprint density at radius 2 is 2.11 bits per heavy atom. The van der Waals surface area contributed by atoms with Gasteiger partial charge < -0.3 is 11.1 Å². The topological polar surface area (TPSA) is 72.9 Å². The van der Waals surface area contributed by atoms with Gasteiger partial charge in [0.05, 0.1) is 11.9 Å². The van der Waals surface area contributed by atoms with E-state index in [4.69, 9.17) is 5.73 Å². The van der Waals surface area contributed by atoms with E-state index in [0.29, 0.717) is 23.8 Å². The van der Waals surface area contributed by atoms with Crippen LogP contribution in [0.2, 0.25) is 0 Å². The molecule has 0 radical (unpaired) electrons. The summed E-state index contributed by atoms with van der Waals surface area (Å²) >= 11 is 0. The molecule has 18 heavy (non-hydrogen) atoms. The summed E-state index contributed by atoms with van der Waals surface area (Å²) < 4.78 is 1.62. The average Bonchev–Trinajstić information content (AvgIpc) is 2.67. The zero-order valence-corrected chi connectivity index (χ0v) is 11.7. The number of carbonyl (C=O) groups excluding carboxylic acids is 1. The molecule has 1 aromatic heterocycles. The van der Waals surface area contributed by atoms with E-state index in [1.165, 1.54) is 6.20 Å².